The maximum absolute atomic E-state index is 14.1. The monoisotopic (exact) mass is 285 g/mol. The van der Waals surface area contributed by atoms with Gasteiger partial charge in [0.05, 0.1) is 12.4 Å². The first-order chi connectivity index (χ1) is 9.52. The molecule has 3 rings (SSSR count). The van der Waals surface area contributed by atoms with Gasteiger partial charge in [0.25, 0.3) is 0 Å². The Balaban J connectivity index is 2.07. The summed E-state index contributed by atoms with van der Waals surface area (Å²) in [5, 5.41) is 9.74. The van der Waals surface area contributed by atoms with Crippen LogP contribution in [0.4, 0.5) is 14.6 Å². The van der Waals surface area contributed by atoms with E-state index in [1.165, 1.54) is 10.9 Å². The number of nitrogen functional groups attached to an aromatic ring is 1. The first-order valence-corrected chi connectivity index (χ1v) is 6.16. The van der Waals surface area contributed by atoms with Crippen LogP contribution in [0.3, 0.4) is 0 Å². The number of imidazole rings is 1. The highest BCUT2D eigenvalue weighted by Gasteiger charge is 2.44. The predicted molar refractivity (Wildman–Crippen MR) is 64.8 cm³/mol. The molecule has 20 heavy (non-hydrogen) atoms. The lowest BCUT2D eigenvalue weighted by molar-refractivity contribution is -0.0238. The normalized spacial score (nSPS) is 30.2. The van der Waals surface area contributed by atoms with Crippen LogP contribution in [-0.2, 0) is 4.74 Å². The maximum Gasteiger partial charge on any atom is 0.312 e. The predicted octanol–water partition coefficient (Wildman–Crippen LogP) is 0.554. The van der Waals surface area contributed by atoms with Gasteiger partial charge in [-0.3, -0.25) is 4.57 Å². The molecule has 108 valence electrons. The molecule has 0 saturated carbocycles. The number of nitrogens with zero attached hydrogens (tertiary/aromatic N) is 4. The highest BCUT2D eigenvalue weighted by atomic mass is 19.1. The molecule has 0 bridgehead atoms. The highest BCUT2D eigenvalue weighted by Crippen LogP contribution is 2.35. The molecule has 7 nitrogen and oxygen atoms in total. The number of halogens is 2. The van der Waals surface area contributed by atoms with Crippen molar-refractivity contribution in [3.8, 4) is 0 Å². The van der Waals surface area contributed by atoms with Crippen molar-refractivity contribution < 1.29 is 18.6 Å². The summed E-state index contributed by atoms with van der Waals surface area (Å²) in [5.41, 5.74) is 5.73. The van der Waals surface area contributed by atoms with Crippen LogP contribution >= 0.6 is 0 Å². The van der Waals surface area contributed by atoms with E-state index in [4.69, 9.17) is 10.5 Å². The highest BCUT2D eigenvalue weighted by molar-refractivity contribution is 5.81. The second-order valence-corrected chi connectivity index (χ2v) is 4.61. The fraction of sp³-hybridized carbons (Fsp3) is 0.545. The largest absolute Gasteiger partial charge is 0.387 e. The van der Waals surface area contributed by atoms with Gasteiger partial charge in [0.15, 0.2) is 29.4 Å². The second kappa shape index (κ2) is 4.60. The molecule has 4 atom stereocenters. The van der Waals surface area contributed by atoms with Crippen LogP contribution in [0.15, 0.2) is 6.33 Å². The van der Waals surface area contributed by atoms with Gasteiger partial charge in [0, 0.05) is 0 Å². The van der Waals surface area contributed by atoms with Crippen LogP contribution in [0.25, 0.3) is 11.2 Å². The zero-order valence-electron chi connectivity index (χ0n) is 10.6. The Morgan fingerprint density at radius 2 is 2.25 bits per heavy atom. The van der Waals surface area contributed by atoms with Crippen LogP contribution in [0.2, 0.25) is 0 Å². The first-order valence-electron chi connectivity index (χ1n) is 6.16. The average molecular weight is 285 g/mol. The summed E-state index contributed by atoms with van der Waals surface area (Å²) in [7, 11) is 0. The lowest BCUT2D eigenvalue weighted by atomic mass is 10.1. The van der Waals surface area contributed by atoms with E-state index in [1.807, 2.05) is 0 Å². The van der Waals surface area contributed by atoms with E-state index in [1.54, 1.807) is 6.92 Å². The molecule has 0 radical (unpaired) electrons. The SMILES string of the molecule is CC[C@H]1O[C@@H](n2cnc3c(N)nc(F)nc32)[C@@H](F)C1O. The second-order valence-electron chi connectivity index (χ2n) is 4.61. The van der Waals surface area contributed by atoms with Crippen molar-refractivity contribution in [3.63, 3.8) is 0 Å². The Kier molecular flexibility index (Phi) is 3.02. The lowest BCUT2D eigenvalue weighted by Crippen LogP contribution is -2.27. The molecule has 1 saturated heterocycles. The number of alkyl halides is 1. The smallest absolute Gasteiger partial charge is 0.312 e. The molecule has 2 aromatic heterocycles. The number of rotatable bonds is 2. The van der Waals surface area contributed by atoms with Crippen LogP contribution in [-0.4, -0.2) is 43.0 Å². The van der Waals surface area contributed by atoms with Crippen molar-refractivity contribution in [1.82, 2.24) is 19.5 Å². The summed E-state index contributed by atoms with van der Waals surface area (Å²) in [5.74, 6) is -0.132. The van der Waals surface area contributed by atoms with Crippen LogP contribution in [0, 0.1) is 6.08 Å². The Morgan fingerprint density at radius 3 is 2.90 bits per heavy atom. The van der Waals surface area contributed by atoms with Gasteiger partial charge in [-0.25, -0.2) is 9.37 Å². The van der Waals surface area contributed by atoms with Crippen LogP contribution in [0.1, 0.15) is 19.6 Å². The standard InChI is InChI=1S/C11H13F2N5O2/c1-2-4-7(19)5(12)10(20-4)18-3-15-6-8(14)16-11(13)17-9(6)18/h3-5,7,10,19H,2H2,1H3,(H2,14,16,17)/t4-,5+,7?,10-/m1/s1. The molecular weight excluding hydrogens is 272 g/mol. The van der Waals surface area contributed by atoms with E-state index in [9.17, 15) is 13.9 Å². The van der Waals surface area contributed by atoms with E-state index in [0.717, 1.165) is 0 Å². The lowest BCUT2D eigenvalue weighted by Gasteiger charge is -2.15. The van der Waals surface area contributed by atoms with Crippen molar-refractivity contribution in [2.75, 3.05) is 5.73 Å². The Hall–Kier alpha value is -1.87. The number of fused-ring (bicyclic) bond motifs is 1. The number of ether oxygens (including phenoxy) is 1. The van der Waals surface area contributed by atoms with E-state index >= 15 is 0 Å². The van der Waals surface area contributed by atoms with E-state index in [2.05, 4.69) is 15.0 Å². The van der Waals surface area contributed by atoms with Crippen molar-refractivity contribution in [1.29, 1.82) is 0 Å². The first kappa shape index (κ1) is 13.1. The van der Waals surface area contributed by atoms with Gasteiger partial charge >= 0.3 is 6.08 Å². The minimum absolute atomic E-state index is 0.0339. The molecule has 0 aromatic carbocycles. The molecule has 1 fully saturated rings. The molecule has 9 heteroatoms. The van der Waals surface area contributed by atoms with Crippen LogP contribution < -0.4 is 5.73 Å². The summed E-state index contributed by atoms with van der Waals surface area (Å²) in [6, 6.07) is 0. The minimum atomic E-state index is -1.66. The summed E-state index contributed by atoms with van der Waals surface area (Å²) in [6.07, 6.45) is -3.97. The summed E-state index contributed by atoms with van der Waals surface area (Å²) >= 11 is 0. The Labute approximate surface area is 112 Å². The molecule has 1 aliphatic rings. The van der Waals surface area contributed by atoms with Crippen molar-refractivity contribution in [2.45, 2.75) is 38.0 Å². The van der Waals surface area contributed by atoms with Crippen molar-refractivity contribution in [2.24, 2.45) is 0 Å². The number of hydrogen-bond acceptors (Lipinski definition) is 6. The van der Waals surface area contributed by atoms with Crippen molar-refractivity contribution >= 4 is 17.0 Å². The van der Waals surface area contributed by atoms with Gasteiger partial charge in [0.2, 0.25) is 0 Å². The third-order valence-electron chi connectivity index (χ3n) is 3.39. The van der Waals surface area contributed by atoms with E-state index in [0.29, 0.717) is 6.42 Å². The number of hydrogen-bond donors (Lipinski definition) is 2. The molecule has 1 unspecified atom stereocenters. The summed E-state index contributed by atoms with van der Waals surface area (Å²) < 4.78 is 34.0. The number of anilines is 1. The van der Waals surface area contributed by atoms with E-state index in [-0.39, 0.29) is 17.0 Å². The van der Waals surface area contributed by atoms with Crippen molar-refractivity contribution in [3.05, 3.63) is 12.4 Å². The Bertz CT molecular complexity index is 649. The maximum atomic E-state index is 14.1. The van der Waals surface area contributed by atoms with Crippen LogP contribution in [0.5, 0.6) is 0 Å². The molecule has 3 N–H and O–H groups in total. The van der Waals surface area contributed by atoms with Gasteiger partial charge in [-0.15, -0.1) is 0 Å². The third kappa shape index (κ3) is 1.81. The fourth-order valence-corrected chi connectivity index (χ4v) is 2.36. The summed E-state index contributed by atoms with van der Waals surface area (Å²) in [6.45, 7) is 1.77. The molecule has 0 amide bonds. The van der Waals surface area contributed by atoms with E-state index < -0.39 is 30.7 Å². The number of aromatic nitrogens is 4. The van der Waals surface area contributed by atoms with Gasteiger partial charge in [-0.1, -0.05) is 6.92 Å². The molecule has 0 aliphatic carbocycles. The average Bonchev–Trinajstić information content (AvgIpc) is 2.93. The number of aliphatic hydroxyl groups excluding tert-OH is 1. The minimum Gasteiger partial charge on any atom is -0.387 e. The third-order valence-corrected chi connectivity index (χ3v) is 3.39. The molecule has 2 aromatic rings. The zero-order valence-corrected chi connectivity index (χ0v) is 10.6. The summed E-state index contributed by atoms with van der Waals surface area (Å²) in [4.78, 5) is 10.8. The molecular formula is C11H13F2N5O2. The van der Waals surface area contributed by atoms with Gasteiger partial charge in [0.1, 0.15) is 6.10 Å². The van der Waals surface area contributed by atoms with Gasteiger partial charge < -0.3 is 15.6 Å². The molecule has 3 heterocycles. The number of nitrogens with two attached hydrogens (primary N) is 1. The molecule has 0 spiro atoms. The van der Waals surface area contributed by atoms with Gasteiger partial charge in [-0.2, -0.15) is 14.4 Å². The zero-order chi connectivity index (χ0) is 14.4. The molecule has 1 aliphatic heterocycles. The Morgan fingerprint density at radius 1 is 1.50 bits per heavy atom. The topological polar surface area (TPSA) is 99.1 Å². The quantitative estimate of drug-likeness (QED) is 0.782. The number of aliphatic hydroxyl groups is 1. The fourth-order valence-electron chi connectivity index (χ4n) is 2.36. The van der Waals surface area contributed by atoms with Gasteiger partial charge in [-0.05, 0) is 6.42 Å².